The molecule has 0 atom stereocenters. The van der Waals surface area contributed by atoms with Crippen molar-refractivity contribution in [1.82, 2.24) is 10.3 Å². The molecule has 0 spiro atoms. The van der Waals surface area contributed by atoms with Gasteiger partial charge in [-0.25, -0.2) is 4.98 Å². The number of hydrogen-bond donors (Lipinski definition) is 1. The van der Waals surface area contributed by atoms with Gasteiger partial charge in [0, 0.05) is 23.7 Å². The SMILES string of the molecule is CNC(=S)N(Cc1cc2ccccc2nc1Cl)c1ccc(OC)cc1. The molecule has 0 bridgehead atoms. The summed E-state index contributed by atoms with van der Waals surface area (Å²) in [5.74, 6) is 0.796. The van der Waals surface area contributed by atoms with Crippen LogP contribution in [0, 0.1) is 0 Å². The highest BCUT2D eigenvalue weighted by Gasteiger charge is 2.15. The summed E-state index contributed by atoms with van der Waals surface area (Å²) in [4.78, 5) is 6.47. The van der Waals surface area contributed by atoms with Crippen LogP contribution in [-0.4, -0.2) is 24.3 Å². The Balaban J connectivity index is 1.97. The second-order valence-electron chi connectivity index (χ2n) is 5.47. The van der Waals surface area contributed by atoms with Crippen molar-refractivity contribution < 1.29 is 4.74 Å². The molecule has 1 aromatic heterocycles. The fraction of sp³-hybridized carbons (Fsp3) is 0.158. The van der Waals surface area contributed by atoms with Crippen LogP contribution in [-0.2, 0) is 6.54 Å². The van der Waals surface area contributed by atoms with Crippen molar-refractivity contribution in [2.24, 2.45) is 0 Å². The predicted octanol–water partition coefficient (Wildman–Crippen LogP) is 4.41. The van der Waals surface area contributed by atoms with E-state index in [0.717, 1.165) is 27.9 Å². The molecule has 2 aromatic carbocycles. The number of methoxy groups -OCH3 is 1. The van der Waals surface area contributed by atoms with Gasteiger partial charge in [-0.2, -0.15) is 0 Å². The number of ether oxygens (including phenoxy) is 1. The smallest absolute Gasteiger partial charge is 0.173 e. The largest absolute Gasteiger partial charge is 0.497 e. The Labute approximate surface area is 157 Å². The monoisotopic (exact) mass is 371 g/mol. The molecule has 3 rings (SSSR count). The van der Waals surface area contributed by atoms with Gasteiger partial charge in [0.25, 0.3) is 0 Å². The molecule has 1 heterocycles. The van der Waals surface area contributed by atoms with E-state index in [1.807, 2.05) is 53.4 Å². The molecule has 4 nitrogen and oxygen atoms in total. The first kappa shape index (κ1) is 17.5. The summed E-state index contributed by atoms with van der Waals surface area (Å²) in [6.45, 7) is 0.517. The van der Waals surface area contributed by atoms with Gasteiger partial charge in [-0.3, -0.25) is 0 Å². The number of thiocarbonyl (C=S) groups is 1. The Morgan fingerprint density at radius 3 is 2.60 bits per heavy atom. The average Bonchev–Trinajstić information content (AvgIpc) is 2.66. The van der Waals surface area contributed by atoms with E-state index in [2.05, 4.69) is 16.4 Å². The van der Waals surface area contributed by atoms with Crippen LogP contribution in [0.1, 0.15) is 5.56 Å². The Kier molecular flexibility index (Phi) is 5.36. The lowest BCUT2D eigenvalue weighted by molar-refractivity contribution is 0.415. The van der Waals surface area contributed by atoms with Crippen molar-refractivity contribution in [3.05, 3.63) is 65.3 Å². The van der Waals surface area contributed by atoms with Crippen LogP contribution in [0.2, 0.25) is 5.15 Å². The topological polar surface area (TPSA) is 37.4 Å². The highest BCUT2D eigenvalue weighted by atomic mass is 35.5. The molecule has 0 saturated heterocycles. The summed E-state index contributed by atoms with van der Waals surface area (Å²) >= 11 is 11.9. The zero-order valence-corrected chi connectivity index (χ0v) is 15.6. The van der Waals surface area contributed by atoms with Gasteiger partial charge in [-0.05, 0) is 48.6 Å². The van der Waals surface area contributed by atoms with E-state index >= 15 is 0 Å². The molecule has 0 aliphatic heterocycles. The number of nitrogens with one attached hydrogen (secondary N) is 1. The number of aromatic nitrogens is 1. The Morgan fingerprint density at radius 1 is 1.20 bits per heavy atom. The number of rotatable bonds is 4. The molecule has 0 unspecified atom stereocenters. The first-order chi connectivity index (χ1) is 12.1. The quantitative estimate of drug-likeness (QED) is 0.543. The van der Waals surface area contributed by atoms with Gasteiger partial charge in [0.05, 0.1) is 19.2 Å². The van der Waals surface area contributed by atoms with E-state index in [1.165, 1.54) is 0 Å². The minimum Gasteiger partial charge on any atom is -0.497 e. The van der Waals surface area contributed by atoms with E-state index in [-0.39, 0.29) is 0 Å². The number of nitrogens with zero attached hydrogens (tertiary/aromatic N) is 2. The van der Waals surface area contributed by atoms with Gasteiger partial charge < -0.3 is 15.0 Å². The van der Waals surface area contributed by atoms with E-state index in [4.69, 9.17) is 28.6 Å². The average molecular weight is 372 g/mol. The highest BCUT2D eigenvalue weighted by Crippen LogP contribution is 2.26. The summed E-state index contributed by atoms with van der Waals surface area (Å²) < 4.78 is 5.22. The van der Waals surface area contributed by atoms with Crippen LogP contribution in [0.15, 0.2) is 54.6 Å². The fourth-order valence-electron chi connectivity index (χ4n) is 2.59. The van der Waals surface area contributed by atoms with Crippen molar-refractivity contribution in [3.8, 4) is 5.75 Å². The number of pyridine rings is 1. The first-order valence-corrected chi connectivity index (χ1v) is 8.58. The van der Waals surface area contributed by atoms with Gasteiger partial charge >= 0.3 is 0 Å². The summed E-state index contributed by atoms with van der Waals surface area (Å²) in [7, 11) is 3.45. The standard InChI is InChI=1S/C19H18ClN3OS/c1-21-19(25)23(15-7-9-16(24-2)10-8-15)12-14-11-13-5-3-4-6-17(13)22-18(14)20/h3-11H,12H2,1-2H3,(H,21,25). The number of benzene rings is 2. The summed E-state index contributed by atoms with van der Waals surface area (Å²) in [5, 5.41) is 5.17. The van der Waals surface area contributed by atoms with E-state index in [1.54, 1.807) is 14.2 Å². The summed E-state index contributed by atoms with van der Waals surface area (Å²) in [5.41, 5.74) is 2.74. The molecule has 0 aliphatic carbocycles. The predicted molar refractivity (Wildman–Crippen MR) is 108 cm³/mol. The second-order valence-corrected chi connectivity index (χ2v) is 6.22. The number of para-hydroxylation sites is 1. The molecular weight excluding hydrogens is 354 g/mol. The maximum Gasteiger partial charge on any atom is 0.173 e. The van der Waals surface area contributed by atoms with Crippen LogP contribution < -0.4 is 15.0 Å². The highest BCUT2D eigenvalue weighted by molar-refractivity contribution is 7.80. The zero-order chi connectivity index (χ0) is 17.8. The van der Waals surface area contributed by atoms with Gasteiger partial charge in [-0.1, -0.05) is 29.8 Å². The van der Waals surface area contributed by atoms with Crippen molar-refractivity contribution in [1.29, 1.82) is 0 Å². The molecule has 0 radical (unpaired) electrons. The van der Waals surface area contributed by atoms with E-state index < -0.39 is 0 Å². The van der Waals surface area contributed by atoms with E-state index in [9.17, 15) is 0 Å². The van der Waals surface area contributed by atoms with Crippen molar-refractivity contribution in [2.75, 3.05) is 19.1 Å². The van der Waals surface area contributed by atoms with Crippen molar-refractivity contribution >= 4 is 45.5 Å². The molecule has 0 aliphatic rings. The first-order valence-electron chi connectivity index (χ1n) is 7.80. The number of hydrogen-bond acceptors (Lipinski definition) is 3. The minimum absolute atomic E-state index is 0.483. The number of fused-ring (bicyclic) bond motifs is 1. The van der Waals surface area contributed by atoms with Crippen molar-refractivity contribution in [3.63, 3.8) is 0 Å². The molecule has 0 fully saturated rings. The summed E-state index contributed by atoms with van der Waals surface area (Å²) in [6.07, 6.45) is 0. The van der Waals surface area contributed by atoms with Crippen LogP contribution in [0.4, 0.5) is 5.69 Å². The zero-order valence-electron chi connectivity index (χ0n) is 14.0. The van der Waals surface area contributed by atoms with Gasteiger partial charge in [0.15, 0.2) is 5.11 Å². The van der Waals surface area contributed by atoms with Gasteiger partial charge in [0.2, 0.25) is 0 Å². The second kappa shape index (κ2) is 7.68. The lowest BCUT2D eigenvalue weighted by Crippen LogP contribution is -2.37. The third-order valence-corrected chi connectivity index (χ3v) is 4.67. The van der Waals surface area contributed by atoms with Crippen molar-refractivity contribution in [2.45, 2.75) is 6.54 Å². The van der Waals surface area contributed by atoms with E-state index in [0.29, 0.717) is 16.8 Å². The number of halogens is 1. The molecule has 6 heteroatoms. The Hall–Kier alpha value is -2.37. The third kappa shape index (κ3) is 3.83. The lowest BCUT2D eigenvalue weighted by atomic mass is 10.1. The third-order valence-electron chi connectivity index (χ3n) is 3.92. The molecule has 3 aromatic rings. The van der Waals surface area contributed by atoms with Gasteiger partial charge in [0.1, 0.15) is 10.9 Å². The molecule has 1 N–H and O–H groups in total. The maximum absolute atomic E-state index is 6.41. The van der Waals surface area contributed by atoms with Gasteiger partial charge in [-0.15, -0.1) is 0 Å². The minimum atomic E-state index is 0.483. The maximum atomic E-state index is 6.41. The molecule has 25 heavy (non-hydrogen) atoms. The molecule has 0 saturated carbocycles. The Bertz CT molecular complexity index is 899. The van der Waals surface area contributed by atoms with Crippen LogP contribution in [0.5, 0.6) is 5.75 Å². The number of anilines is 1. The molecule has 128 valence electrons. The van der Waals surface area contributed by atoms with Crippen LogP contribution >= 0.6 is 23.8 Å². The van der Waals surface area contributed by atoms with Crippen LogP contribution in [0.25, 0.3) is 10.9 Å². The Morgan fingerprint density at radius 2 is 1.92 bits per heavy atom. The summed E-state index contributed by atoms with van der Waals surface area (Å²) in [6, 6.07) is 17.7. The molecular formula is C19H18ClN3OS. The lowest BCUT2D eigenvalue weighted by Gasteiger charge is -2.25. The fourth-order valence-corrected chi connectivity index (χ4v) is 2.97. The normalized spacial score (nSPS) is 10.5. The van der Waals surface area contributed by atoms with Crippen LogP contribution in [0.3, 0.4) is 0 Å². The molecule has 0 amide bonds.